The van der Waals surface area contributed by atoms with E-state index in [0.717, 1.165) is 38.0 Å². The number of rotatable bonds is 6. The summed E-state index contributed by atoms with van der Waals surface area (Å²) in [5, 5.41) is 2.91. The summed E-state index contributed by atoms with van der Waals surface area (Å²) >= 11 is 0. The summed E-state index contributed by atoms with van der Waals surface area (Å²) in [6, 6.07) is 16.1. The van der Waals surface area contributed by atoms with Gasteiger partial charge in [0.15, 0.2) is 0 Å². The Labute approximate surface area is 166 Å². The third-order valence-electron chi connectivity index (χ3n) is 6.02. The van der Waals surface area contributed by atoms with Crippen LogP contribution in [0, 0.1) is 11.3 Å². The van der Waals surface area contributed by atoms with Crippen LogP contribution in [0.25, 0.3) is 0 Å². The molecule has 1 saturated carbocycles. The Hall–Kier alpha value is -2.69. The molecule has 2 fully saturated rings. The quantitative estimate of drug-likeness (QED) is 0.788. The smallest absolute Gasteiger partial charge is 0.238 e. The highest BCUT2D eigenvalue weighted by molar-refractivity contribution is 6.07. The first-order chi connectivity index (χ1) is 13.7. The molecule has 1 aliphatic heterocycles. The number of aromatic nitrogens is 1. The Morgan fingerprint density at radius 3 is 2.39 bits per heavy atom. The zero-order valence-corrected chi connectivity index (χ0v) is 16.1. The minimum atomic E-state index is -0.832. The molecule has 1 aromatic heterocycles. The molecule has 0 spiro atoms. The molecule has 2 aromatic rings. The first-order valence-electron chi connectivity index (χ1n) is 10.2. The Morgan fingerprint density at radius 1 is 1.04 bits per heavy atom. The van der Waals surface area contributed by atoms with Crippen molar-refractivity contribution in [1.82, 2.24) is 15.2 Å². The molecule has 2 amide bonds. The normalized spacial score (nSPS) is 18.5. The van der Waals surface area contributed by atoms with Gasteiger partial charge >= 0.3 is 0 Å². The van der Waals surface area contributed by atoms with Crippen LogP contribution in [0.5, 0.6) is 0 Å². The van der Waals surface area contributed by atoms with Gasteiger partial charge in [0.05, 0.1) is 12.2 Å². The SMILES string of the molecule is O=C(NCc1ccccn1)C1(C(=O)N2CCC(Cc3ccccc3)CC2)CC1. The van der Waals surface area contributed by atoms with Crippen molar-refractivity contribution in [3.8, 4) is 0 Å². The van der Waals surface area contributed by atoms with E-state index >= 15 is 0 Å². The van der Waals surface area contributed by atoms with Crippen LogP contribution >= 0.6 is 0 Å². The lowest BCUT2D eigenvalue weighted by atomic mass is 9.89. The van der Waals surface area contributed by atoms with Crippen LogP contribution < -0.4 is 5.32 Å². The fourth-order valence-electron chi connectivity index (χ4n) is 4.10. The van der Waals surface area contributed by atoms with Crippen LogP contribution in [0.1, 0.15) is 36.9 Å². The molecule has 4 rings (SSSR count). The fraction of sp³-hybridized carbons (Fsp3) is 0.435. The van der Waals surface area contributed by atoms with Gasteiger partial charge in [-0.05, 0) is 55.7 Å². The van der Waals surface area contributed by atoms with Gasteiger partial charge in [-0.15, -0.1) is 0 Å². The summed E-state index contributed by atoms with van der Waals surface area (Å²) in [6.45, 7) is 1.88. The molecule has 146 valence electrons. The second-order valence-corrected chi connectivity index (χ2v) is 8.01. The number of hydrogen-bond donors (Lipinski definition) is 1. The monoisotopic (exact) mass is 377 g/mol. The van der Waals surface area contributed by atoms with E-state index < -0.39 is 5.41 Å². The lowest BCUT2D eigenvalue weighted by molar-refractivity contribution is -0.145. The van der Waals surface area contributed by atoms with Gasteiger partial charge in [-0.1, -0.05) is 36.4 Å². The highest BCUT2D eigenvalue weighted by atomic mass is 16.2. The Bertz CT molecular complexity index is 810. The van der Waals surface area contributed by atoms with Crippen LogP contribution in [0.15, 0.2) is 54.7 Å². The molecule has 1 saturated heterocycles. The minimum Gasteiger partial charge on any atom is -0.350 e. The van der Waals surface area contributed by atoms with Crippen LogP contribution in [-0.2, 0) is 22.6 Å². The summed E-state index contributed by atoms with van der Waals surface area (Å²) in [6.07, 6.45) is 6.10. The number of piperidine rings is 1. The molecule has 2 heterocycles. The van der Waals surface area contributed by atoms with E-state index in [1.54, 1.807) is 6.20 Å². The third kappa shape index (κ3) is 4.08. The number of amides is 2. The van der Waals surface area contributed by atoms with E-state index in [2.05, 4.69) is 34.6 Å². The van der Waals surface area contributed by atoms with Crippen molar-refractivity contribution in [2.75, 3.05) is 13.1 Å². The minimum absolute atomic E-state index is 0.0178. The van der Waals surface area contributed by atoms with Gasteiger partial charge in [0.1, 0.15) is 5.41 Å². The Kier molecular flexibility index (Phi) is 5.42. The third-order valence-corrected chi connectivity index (χ3v) is 6.02. The van der Waals surface area contributed by atoms with Crippen LogP contribution in [0.3, 0.4) is 0 Å². The van der Waals surface area contributed by atoms with Crippen molar-refractivity contribution in [2.45, 2.75) is 38.6 Å². The molecule has 1 aliphatic carbocycles. The topological polar surface area (TPSA) is 62.3 Å². The lowest BCUT2D eigenvalue weighted by Crippen LogP contribution is -2.48. The maximum absolute atomic E-state index is 13.0. The maximum atomic E-state index is 13.0. The van der Waals surface area contributed by atoms with E-state index in [-0.39, 0.29) is 11.8 Å². The Balaban J connectivity index is 1.29. The van der Waals surface area contributed by atoms with Crippen molar-refractivity contribution >= 4 is 11.8 Å². The Morgan fingerprint density at radius 2 is 1.75 bits per heavy atom. The first-order valence-corrected chi connectivity index (χ1v) is 10.2. The second kappa shape index (κ2) is 8.13. The first kappa shape index (κ1) is 18.7. The number of carbonyl (C=O) groups excluding carboxylic acids is 2. The molecule has 0 bridgehead atoms. The molecule has 1 aromatic carbocycles. The largest absolute Gasteiger partial charge is 0.350 e. The van der Waals surface area contributed by atoms with Crippen LogP contribution in [-0.4, -0.2) is 34.8 Å². The highest BCUT2D eigenvalue weighted by Gasteiger charge is 2.58. The predicted octanol–water partition coefficient (Wildman–Crippen LogP) is 2.96. The van der Waals surface area contributed by atoms with Crippen LogP contribution in [0.4, 0.5) is 0 Å². The van der Waals surface area contributed by atoms with Gasteiger partial charge in [0, 0.05) is 19.3 Å². The van der Waals surface area contributed by atoms with E-state index in [0.29, 0.717) is 25.3 Å². The van der Waals surface area contributed by atoms with Gasteiger partial charge in [0.25, 0.3) is 0 Å². The lowest BCUT2D eigenvalue weighted by Gasteiger charge is -2.34. The van der Waals surface area contributed by atoms with Gasteiger partial charge in [0.2, 0.25) is 11.8 Å². The van der Waals surface area contributed by atoms with Gasteiger partial charge in [-0.2, -0.15) is 0 Å². The summed E-state index contributed by atoms with van der Waals surface area (Å²) < 4.78 is 0. The van der Waals surface area contributed by atoms with Crippen molar-refractivity contribution in [1.29, 1.82) is 0 Å². The summed E-state index contributed by atoms with van der Waals surface area (Å²) in [7, 11) is 0. The molecular formula is C23H27N3O2. The highest BCUT2D eigenvalue weighted by Crippen LogP contribution is 2.48. The molecule has 0 radical (unpaired) electrons. The van der Waals surface area contributed by atoms with Crippen LogP contribution in [0.2, 0.25) is 0 Å². The van der Waals surface area contributed by atoms with E-state index in [1.807, 2.05) is 29.2 Å². The van der Waals surface area contributed by atoms with Gasteiger partial charge in [-0.3, -0.25) is 14.6 Å². The predicted molar refractivity (Wildman–Crippen MR) is 107 cm³/mol. The molecule has 28 heavy (non-hydrogen) atoms. The standard InChI is InChI=1S/C23H27N3O2/c27-21(25-17-20-8-4-5-13-24-20)23(11-12-23)22(28)26-14-9-19(10-15-26)16-18-6-2-1-3-7-18/h1-8,13,19H,9-12,14-17H2,(H,25,27). The number of benzene rings is 1. The number of pyridine rings is 1. The van der Waals surface area contributed by atoms with Crippen molar-refractivity contribution in [2.24, 2.45) is 11.3 Å². The zero-order chi connectivity index (χ0) is 19.4. The number of likely N-dealkylation sites (tertiary alicyclic amines) is 1. The molecule has 0 atom stereocenters. The van der Waals surface area contributed by atoms with Gasteiger partial charge in [-0.25, -0.2) is 0 Å². The molecule has 5 nitrogen and oxygen atoms in total. The maximum Gasteiger partial charge on any atom is 0.238 e. The second-order valence-electron chi connectivity index (χ2n) is 8.01. The summed E-state index contributed by atoms with van der Waals surface area (Å²) in [4.78, 5) is 31.9. The van der Waals surface area contributed by atoms with Gasteiger partial charge < -0.3 is 10.2 Å². The zero-order valence-electron chi connectivity index (χ0n) is 16.1. The number of nitrogens with zero attached hydrogens (tertiary/aromatic N) is 2. The summed E-state index contributed by atoms with van der Waals surface area (Å²) in [5.74, 6) is 0.485. The molecule has 5 heteroatoms. The van der Waals surface area contributed by atoms with E-state index in [1.165, 1.54) is 5.56 Å². The molecule has 2 aliphatic rings. The fourth-order valence-corrected chi connectivity index (χ4v) is 4.10. The number of hydrogen-bond acceptors (Lipinski definition) is 3. The van der Waals surface area contributed by atoms with E-state index in [4.69, 9.17) is 0 Å². The average Bonchev–Trinajstić information content (AvgIpc) is 3.56. The molecule has 1 N–H and O–H groups in total. The van der Waals surface area contributed by atoms with Crippen molar-refractivity contribution in [3.05, 3.63) is 66.0 Å². The summed E-state index contributed by atoms with van der Waals surface area (Å²) in [5.41, 5.74) is 1.33. The van der Waals surface area contributed by atoms with E-state index in [9.17, 15) is 9.59 Å². The number of nitrogens with one attached hydrogen (secondary N) is 1. The average molecular weight is 377 g/mol. The molecular weight excluding hydrogens is 350 g/mol. The number of carbonyl (C=O) groups is 2. The van der Waals surface area contributed by atoms with Crippen molar-refractivity contribution < 1.29 is 9.59 Å². The van der Waals surface area contributed by atoms with Crippen molar-refractivity contribution in [3.63, 3.8) is 0 Å². The molecule has 0 unspecified atom stereocenters.